The van der Waals surface area contributed by atoms with E-state index < -0.39 is 10.0 Å². The van der Waals surface area contributed by atoms with E-state index in [1.807, 2.05) is 61.5 Å². The number of rotatable bonds is 7. The third kappa shape index (κ3) is 5.66. The van der Waals surface area contributed by atoms with Crippen molar-refractivity contribution in [1.29, 1.82) is 0 Å². The molecule has 0 radical (unpaired) electrons. The summed E-state index contributed by atoms with van der Waals surface area (Å²) in [5.74, 6) is -0.290. The molecule has 2 aromatic carbocycles. The van der Waals surface area contributed by atoms with Gasteiger partial charge in [0.1, 0.15) is 0 Å². The monoisotopic (exact) mass is 400 g/mol. The molecule has 1 fully saturated rings. The van der Waals surface area contributed by atoms with Crippen molar-refractivity contribution >= 4 is 21.6 Å². The largest absolute Gasteiger partial charge is 0.326 e. The van der Waals surface area contributed by atoms with Crippen molar-refractivity contribution in [2.45, 2.75) is 32.6 Å². The number of carbonyl (C=O) groups excluding carboxylic acids is 1. The van der Waals surface area contributed by atoms with Gasteiger partial charge in [-0.25, -0.2) is 12.7 Å². The maximum atomic E-state index is 12.7. The van der Waals surface area contributed by atoms with Crippen molar-refractivity contribution in [3.8, 4) is 0 Å². The predicted molar refractivity (Wildman–Crippen MR) is 113 cm³/mol. The van der Waals surface area contributed by atoms with Crippen LogP contribution in [0.2, 0.25) is 0 Å². The Kier molecular flexibility index (Phi) is 6.86. The van der Waals surface area contributed by atoms with Crippen LogP contribution in [0, 0.1) is 12.8 Å². The molecule has 2 aromatic rings. The molecule has 5 nitrogen and oxygen atoms in total. The number of carbonyl (C=O) groups is 1. The van der Waals surface area contributed by atoms with Crippen LogP contribution in [0.3, 0.4) is 0 Å². The second-order valence-corrected chi connectivity index (χ2v) is 9.55. The summed E-state index contributed by atoms with van der Waals surface area (Å²) in [5, 5.41) is 2.93. The summed E-state index contributed by atoms with van der Waals surface area (Å²) in [6.07, 6.45) is 2.76. The molecule has 150 valence electrons. The minimum atomic E-state index is -3.35. The second kappa shape index (κ2) is 9.34. The summed E-state index contributed by atoms with van der Waals surface area (Å²) in [5.41, 5.74) is 2.98. The zero-order valence-electron chi connectivity index (χ0n) is 16.3. The Balaban J connectivity index is 1.54. The van der Waals surface area contributed by atoms with Gasteiger partial charge in [0.2, 0.25) is 15.9 Å². The predicted octanol–water partition coefficient (Wildman–Crippen LogP) is 3.61. The van der Waals surface area contributed by atoms with E-state index in [1.165, 1.54) is 4.31 Å². The van der Waals surface area contributed by atoms with E-state index in [2.05, 4.69) is 5.32 Å². The van der Waals surface area contributed by atoms with Crippen molar-refractivity contribution in [3.63, 3.8) is 0 Å². The smallest absolute Gasteiger partial charge is 0.228 e. The van der Waals surface area contributed by atoms with Crippen LogP contribution in [-0.4, -0.2) is 37.5 Å². The number of nitrogens with one attached hydrogen (secondary N) is 1. The third-order valence-corrected chi connectivity index (χ3v) is 7.07. The molecule has 1 amide bonds. The van der Waals surface area contributed by atoms with Gasteiger partial charge in [0, 0.05) is 18.8 Å². The number of benzene rings is 2. The first kappa shape index (κ1) is 20.6. The highest BCUT2D eigenvalue weighted by atomic mass is 32.2. The second-order valence-electron chi connectivity index (χ2n) is 7.46. The fourth-order valence-corrected chi connectivity index (χ4v) is 5.19. The van der Waals surface area contributed by atoms with Crippen LogP contribution < -0.4 is 5.32 Å². The molecular weight excluding hydrogens is 372 g/mol. The van der Waals surface area contributed by atoms with Crippen molar-refractivity contribution in [3.05, 3.63) is 65.7 Å². The average molecular weight is 401 g/mol. The van der Waals surface area contributed by atoms with Gasteiger partial charge in [-0.1, -0.05) is 42.5 Å². The Bertz CT molecular complexity index is 897. The Morgan fingerprint density at radius 3 is 2.68 bits per heavy atom. The summed E-state index contributed by atoms with van der Waals surface area (Å²) in [6, 6.07) is 17.5. The number of hydrogen-bond acceptors (Lipinski definition) is 3. The Labute approximate surface area is 167 Å². The topological polar surface area (TPSA) is 66.5 Å². The van der Waals surface area contributed by atoms with Crippen LogP contribution in [0.1, 0.15) is 30.4 Å². The quantitative estimate of drug-likeness (QED) is 0.772. The summed E-state index contributed by atoms with van der Waals surface area (Å²) in [6.45, 7) is 2.74. The molecule has 1 aliphatic heterocycles. The lowest BCUT2D eigenvalue weighted by Crippen LogP contribution is -2.44. The molecule has 1 aliphatic rings. The lowest BCUT2D eigenvalue weighted by Gasteiger charge is -2.31. The van der Waals surface area contributed by atoms with Gasteiger partial charge in [-0.05, 0) is 55.9 Å². The number of nitrogens with zero attached hydrogens (tertiary/aromatic N) is 1. The van der Waals surface area contributed by atoms with Crippen LogP contribution in [0.25, 0.3) is 0 Å². The van der Waals surface area contributed by atoms with Crippen LogP contribution in [-0.2, 0) is 21.2 Å². The first-order chi connectivity index (χ1) is 13.4. The van der Waals surface area contributed by atoms with Crippen LogP contribution in [0.15, 0.2) is 54.6 Å². The Morgan fingerprint density at radius 2 is 1.93 bits per heavy atom. The van der Waals surface area contributed by atoms with Gasteiger partial charge in [-0.2, -0.15) is 0 Å². The van der Waals surface area contributed by atoms with E-state index in [4.69, 9.17) is 0 Å². The normalized spacial score (nSPS) is 18.0. The van der Waals surface area contributed by atoms with Crippen molar-refractivity contribution in [1.82, 2.24) is 4.31 Å². The van der Waals surface area contributed by atoms with E-state index in [1.54, 1.807) is 0 Å². The maximum Gasteiger partial charge on any atom is 0.228 e. The first-order valence-electron chi connectivity index (χ1n) is 9.83. The number of hydrogen-bond donors (Lipinski definition) is 1. The molecule has 1 heterocycles. The molecule has 0 bridgehead atoms. The fourth-order valence-electron chi connectivity index (χ4n) is 3.61. The molecule has 28 heavy (non-hydrogen) atoms. The summed E-state index contributed by atoms with van der Waals surface area (Å²) in [4.78, 5) is 12.6. The van der Waals surface area contributed by atoms with Crippen LogP contribution >= 0.6 is 0 Å². The Morgan fingerprint density at radius 1 is 1.14 bits per heavy atom. The molecular formula is C22H28N2O3S. The molecule has 0 spiro atoms. The van der Waals surface area contributed by atoms with E-state index in [0.717, 1.165) is 23.2 Å². The molecule has 0 unspecified atom stereocenters. The van der Waals surface area contributed by atoms with Gasteiger partial charge < -0.3 is 5.32 Å². The molecule has 0 aliphatic carbocycles. The highest BCUT2D eigenvalue weighted by molar-refractivity contribution is 7.89. The molecule has 1 N–H and O–H groups in total. The molecule has 0 saturated carbocycles. The molecule has 0 aromatic heterocycles. The lowest BCUT2D eigenvalue weighted by molar-refractivity contribution is -0.120. The number of sulfonamides is 1. The minimum Gasteiger partial charge on any atom is -0.326 e. The highest BCUT2D eigenvalue weighted by Crippen LogP contribution is 2.22. The van der Waals surface area contributed by atoms with Crippen molar-refractivity contribution in [2.24, 2.45) is 5.92 Å². The minimum absolute atomic E-state index is 0.102. The van der Waals surface area contributed by atoms with Gasteiger partial charge in [0.25, 0.3) is 0 Å². The van der Waals surface area contributed by atoms with Gasteiger partial charge >= 0.3 is 0 Å². The van der Waals surface area contributed by atoms with Crippen molar-refractivity contribution in [2.75, 3.05) is 24.2 Å². The van der Waals surface area contributed by atoms with Gasteiger partial charge in [-0.15, -0.1) is 0 Å². The van der Waals surface area contributed by atoms with Gasteiger partial charge in [-0.3, -0.25) is 4.79 Å². The van der Waals surface area contributed by atoms with Crippen molar-refractivity contribution < 1.29 is 13.2 Å². The third-order valence-electron chi connectivity index (χ3n) is 5.14. The van der Waals surface area contributed by atoms with E-state index in [-0.39, 0.29) is 24.1 Å². The Hall–Kier alpha value is -2.18. The van der Waals surface area contributed by atoms with Gasteiger partial charge in [0.05, 0.1) is 11.7 Å². The van der Waals surface area contributed by atoms with E-state index in [0.29, 0.717) is 25.8 Å². The summed E-state index contributed by atoms with van der Waals surface area (Å²) < 4.78 is 27.0. The number of piperidine rings is 1. The van der Waals surface area contributed by atoms with Gasteiger partial charge in [0.15, 0.2) is 0 Å². The summed E-state index contributed by atoms with van der Waals surface area (Å²) >= 11 is 0. The van der Waals surface area contributed by atoms with Crippen LogP contribution in [0.4, 0.5) is 5.69 Å². The summed E-state index contributed by atoms with van der Waals surface area (Å²) in [7, 11) is -3.35. The molecule has 1 saturated heterocycles. The van der Waals surface area contributed by atoms with Crippen LogP contribution in [0.5, 0.6) is 0 Å². The van der Waals surface area contributed by atoms with E-state index in [9.17, 15) is 13.2 Å². The zero-order chi connectivity index (χ0) is 20.0. The highest BCUT2D eigenvalue weighted by Gasteiger charge is 2.32. The SMILES string of the molecule is Cc1cccc(NC(=O)[C@H]2CCCN(S(=O)(=O)CCCc3ccccc3)C2)c1. The fraction of sp³-hybridized carbons (Fsp3) is 0.409. The average Bonchev–Trinajstić information content (AvgIpc) is 2.69. The molecule has 3 rings (SSSR count). The number of amides is 1. The zero-order valence-corrected chi connectivity index (χ0v) is 17.1. The standard InChI is InChI=1S/C22H28N2O3S/c1-18-8-5-13-21(16-18)23-22(25)20-12-6-14-24(17-20)28(26,27)15-7-11-19-9-3-2-4-10-19/h2-5,8-10,13,16,20H,6-7,11-12,14-15,17H2,1H3,(H,23,25)/t20-/m0/s1. The van der Waals surface area contributed by atoms with E-state index >= 15 is 0 Å². The number of anilines is 1. The first-order valence-corrected chi connectivity index (χ1v) is 11.4. The number of aryl methyl sites for hydroxylation is 2. The lowest BCUT2D eigenvalue weighted by atomic mass is 9.98. The molecule has 1 atom stereocenters. The maximum absolute atomic E-state index is 12.7. The molecule has 6 heteroatoms.